The molecule has 0 aliphatic heterocycles. The van der Waals surface area contributed by atoms with Crippen LogP contribution in [0.1, 0.15) is 25.7 Å². The van der Waals surface area contributed by atoms with E-state index >= 15 is 0 Å². The van der Waals surface area contributed by atoms with Crippen LogP contribution in [0.25, 0.3) is 0 Å². The minimum atomic E-state index is -0.344. The van der Waals surface area contributed by atoms with Crippen molar-refractivity contribution in [1.29, 1.82) is 0 Å². The summed E-state index contributed by atoms with van der Waals surface area (Å²) >= 11 is 0. The fraction of sp³-hybridized carbons (Fsp3) is 1.00. The van der Waals surface area contributed by atoms with Crippen LogP contribution in [0.3, 0.4) is 0 Å². The summed E-state index contributed by atoms with van der Waals surface area (Å²) in [6.45, 7) is -0.312. The van der Waals surface area contributed by atoms with Crippen LogP contribution in [-0.4, -0.2) is 18.4 Å². The van der Waals surface area contributed by atoms with E-state index in [-0.39, 0.29) is 18.7 Å². The maximum atomic E-state index is 12.2. The molecule has 1 aliphatic rings. The van der Waals surface area contributed by atoms with Crippen molar-refractivity contribution >= 4 is 0 Å². The van der Waals surface area contributed by atoms with Gasteiger partial charge < -0.3 is 5.11 Å². The van der Waals surface area contributed by atoms with Gasteiger partial charge in [0, 0.05) is 5.41 Å². The number of halogens is 1. The molecular formula is C7H13FO. The molecule has 0 radical (unpaired) electrons. The van der Waals surface area contributed by atoms with Gasteiger partial charge in [-0.25, -0.2) is 0 Å². The number of aliphatic hydroxyl groups is 1. The number of rotatable bonds is 2. The highest BCUT2D eigenvalue weighted by atomic mass is 19.1. The molecule has 1 nitrogen and oxygen atoms in total. The SMILES string of the molecule is OCC1(CF)CCCC1. The largest absolute Gasteiger partial charge is 0.396 e. The Morgan fingerprint density at radius 2 is 1.89 bits per heavy atom. The summed E-state index contributed by atoms with van der Waals surface area (Å²) < 4.78 is 12.2. The van der Waals surface area contributed by atoms with E-state index in [0.717, 1.165) is 25.7 Å². The second kappa shape index (κ2) is 2.65. The lowest BCUT2D eigenvalue weighted by molar-refractivity contribution is 0.1000. The standard InChI is InChI=1S/C7H13FO/c8-5-7(6-9)3-1-2-4-7/h9H,1-6H2. The van der Waals surface area contributed by atoms with E-state index in [1.807, 2.05) is 0 Å². The van der Waals surface area contributed by atoms with Crippen LogP contribution in [0, 0.1) is 5.41 Å². The minimum Gasteiger partial charge on any atom is -0.396 e. The third-order valence-electron chi connectivity index (χ3n) is 2.28. The van der Waals surface area contributed by atoms with Crippen molar-refractivity contribution in [1.82, 2.24) is 0 Å². The topological polar surface area (TPSA) is 20.2 Å². The van der Waals surface area contributed by atoms with E-state index in [0.29, 0.717) is 0 Å². The lowest BCUT2D eigenvalue weighted by atomic mass is 9.89. The van der Waals surface area contributed by atoms with Gasteiger partial charge in [0.15, 0.2) is 0 Å². The van der Waals surface area contributed by atoms with Gasteiger partial charge in [0.25, 0.3) is 0 Å². The van der Waals surface area contributed by atoms with Crippen LogP contribution in [0.5, 0.6) is 0 Å². The Labute approximate surface area is 54.9 Å². The van der Waals surface area contributed by atoms with E-state index in [2.05, 4.69) is 0 Å². The van der Waals surface area contributed by atoms with Crippen LogP contribution in [0.15, 0.2) is 0 Å². The zero-order valence-corrected chi connectivity index (χ0v) is 5.57. The lowest BCUT2D eigenvalue weighted by Gasteiger charge is -2.20. The first-order chi connectivity index (χ1) is 4.33. The van der Waals surface area contributed by atoms with E-state index < -0.39 is 0 Å². The number of hydrogen-bond donors (Lipinski definition) is 1. The molecule has 2 heteroatoms. The molecule has 0 aromatic rings. The molecule has 1 rings (SSSR count). The smallest absolute Gasteiger partial charge is 0.0972 e. The Morgan fingerprint density at radius 1 is 1.33 bits per heavy atom. The van der Waals surface area contributed by atoms with Crippen LogP contribution < -0.4 is 0 Å². The van der Waals surface area contributed by atoms with Gasteiger partial charge in [0.05, 0.1) is 13.3 Å². The van der Waals surface area contributed by atoms with Crippen LogP contribution >= 0.6 is 0 Å². The molecule has 0 bridgehead atoms. The molecule has 1 aliphatic carbocycles. The van der Waals surface area contributed by atoms with Gasteiger partial charge in [-0.05, 0) is 12.8 Å². The van der Waals surface area contributed by atoms with E-state index in [1.54, 1.807) is 0 Å². The maximum Gasteiger partial charge on any atom is 0.0972 e. The Hall–Kier alpha value is -0.110. The van der Waals surface area contributed by atoms with Crippen molar-refractivity contribution in [2.45, 2.75) is 25.7 Å². The molecule has 0 unspecified atom stereocenters. The van der Waals surface area contributed by atoms with Gasteiger partial charge in [-0.15, -0.1) is 0 Å². The first-order valence-electron chi connectivity index (χ1n) is 3.50. The predicted octanol–water partition coefficient (Wildman–Crippen LogP) is 1.51. The highest BCUT2D eigenvalue weighted by Crippen LogP contribution is 2.37. The van der Waals surface area contributed by atoms with Gasteiger partial charge >= 0.3 is 0 Å². The average Bonchev–Trinajstić information content (AvgIpc) is 2.36. The van der Waals surface area contributed by atoms with Gasteiger partial charge in [-0.1, -0.05) is 12.8 Å². The molecule has 9 heavy (non-hydrogen) atoms. The quantitative estimate of drug-likeness (QED) is 0.603. The van der Waals surface area contributed by atoms with Crippen molar-refractivity contribution in [3.63, 3.8) is 0 Å². The third kappa shape index (κ3) is 1.23. The lowest BCUT2D eigenvalue weighted by Crippen LogP contribution is -2.23. The van der Waals surface area contributed by atoms with Gasteiger partial charge in [0.1, 0.15) is 0 Å². The average molecular weight is 132 g/mol. The molecule has 1 fully saturated rings. The summed E-state index contributed by atoms with van der Waals surface area (Å²) in [7, 11) is 0. The number of hydrogen-bond acceptors (Lipinski definition) is 1. The number of alkyl halides is 1. The third-order valence-corrected chi connectivity index (χ3v) is 2.28. The van der Waals surface area contributed by atoms with Crippen molar-refractivity contribution in [2.75, 3.05) is 13.3 Å². The molecule has 0 amide bonds. The molecule has 0 atom stereocenters. The Bertz CT molecular complexity index is 80.9. The second-order valence-electron chi connectivity index (χ2n) is 3.00. The van der Waals surface area contributed by atoms with E-state index in [4.69, 9.17) is 5.11 Å². The monoisotopic (exact) mass is 132 g/mol. The van der Waals surface area contributed by atoms with Crippen molar-refractivity contribution < 1.29 is 9.50 Å². The van der Waals surface area contributed by atoms with E-state index in [9.17, 15) is 4.39 Å². The summed E-state index contributed by atoms with van der Waals surface area (Å²) in [6.07, 6.45) is 3.93. The fourth-order valence-electron chi connectivity index (χ4n) is 1.46. The summed E-state index contributed by atoms with van der Waals surface area (Å²) in [6, 6.07) is 0. The molecule has 54 valence electrons. The Morgan fingerprint density at radius 3 is 2.11 bits per heavy atom. The Kier molecular flexibility index (Phi) is 2.06. The summed E-state index contributed by atoms with van der Waals surface area (Å²) in [5, 5.41) is 8.78. The molecule has 1 N–H and O–H groups in total. The highest BCUT2D eigenvalue weighted by Gasteiger charge is 2.32. The van der Waals surface area contributed by atoms with Crippen molar-refractivity contribution in [2.24, 2.45) is 5.41 Å². The summed E-state index contributed by atoms with van der Waals surface area (Å²) in [4.78, 5) is 0. The molecule has 1 saturated carbocycles. The summed E-state index contributed by atoms with van der Waals surface area (Å²) in [5.41, 5.74) is -0.333. The van der Waals surface area contributed by atoms with Gasteiger partial charge in [-0.3, -0.25) is 4.39 Å². The number of aliphatic hydroxyl groups excluding tert-OH is 1. The fourth-order valence-corrected chi connectivity index (χ4v) is 1.46. The van der Waals surface area contributed by atoms with Gasteiger partial charge in [0.2, 0.25) is 0 Å². The van der Waals surface area contributed by atoms with Crippen molar-refractivity contribution in [3.05, 3.63) is 0 Å². The van der Waals surface area contributed by atoms with Crippen molar-refractivity contribution in [3.8, 4) is 0 Å². The Balaban J connectivity index is 2.45. The minimum absolute atomic E-state index is 0.0312. The highest BCUT2D eigenvalue weighted by molar-refractivity contribution is 4.83. The molecule has 0 aromatic carbocycles. The summed E-state index contributed by atoms with van der Waals surface area (Å²) in [5.74, 6) is 0. The molecule has 0 saturated heterocycles. The molecule has 0 aromatic heterocycles. The maximum absolute atomic E-state index is 12.2. The first kappa shape index (κ1) is 7.00. The van der Waals surface area contributed by atoms with Gasteiger partial charge in [-0.2, -0.15) is 0 Å². The normalized spacial score (nSPS) is 24.7. The predicted molar refractivity (Wildman–Crippen MR) is 34.0 cm³/mol. The zero-order valence-electron chi connectivity index (χ0n) is 5.57. The molecule has 0 spiro atoms. The molecule has 0 heterocycles. The zero-order chi connectivity index (χ0) is 6.74. The van der Waals surface area contributed by atoms with Crippen LogP contribution in [0.4, 0.5) is 4.39 Å². The van der Waals surface area contributed by atoms with Crippen LogP contribution in [-0.2, 0) is 0 Å². The van der Waals surface area contributed by atoms with Crippen LogP contribution in [0.2, 0.25) is 0 Å². The second-order valence-corrected chi connectivity index (χ2v) is 3.00. The van der Waals surface area contributed by atoms with E-state index in [1.165, 1.54) is 0 Å². The first-order valence-corrected chi connectivity index (χ1v) is 3.50. The molecular weight excluding hydrogens is 119 g/mol.